The summed E-state index contributed by atoms with van der Waals surface area (Å²) in [4.78, 5) is 7.50. The van der Waals surface area contributed by atoms with Crippen molar-refractivity contribution in [2.75, 3.05) is 51.4 Å². The summed E-state index contributed by atoms with van der Waals surface area (Å²) in [6.07, 6.45) is 9.07. The summed E-state index contributed by atoms with van der Waals surface area (Å²) in [5.74, 6) is 3.85. The van der Waals surface area contributed by atoms with Crippen molar-refractivity contribution >= 4 is 23.0 Å². The standard InChI is InChI=1S/C26H39N5OS/c1-3-30-24(26-15-19-12-20(16-26)14-21(13-19)17-26)27-31(25(30)33)18-28-8-10-29(11-9-28)22-6-4-5-7-23(22)32-2/h4-7,19-21,24,27H,3,8-18H2,1-2H3. The van der Waals surface area contributed by atoms with Gasteiger partial charge in [-0.05, 0) is 87.6 Å². The monoisotopic (exact) mass is 469 g/mol. The number of hydrogen-bond donors (Lipinski definition) is 1. The van der Waals surface area contributed by atoms with E-state index in [0.717, 1.165) is 68.0 Å². The largest absolute Gasteiger partial charge is 0.495 e. The van der Waals surface area contributed by atoms with Gasteiger partial charge < -0.3 is 14.5 Å². The van der Waals surface area contributed by atoms with E-state index in [1.54, 1.807) is 7.11 Å². The third kappa shape index (κ3) is 3.80. The molecule has 2 aliphatic heterocycles. The van der Waals surface area contributed by atoms with Crippen LogP contribution < -0.4 is 15.1 Å². The lowest BCUT2D eigenvalue weighted by atomic mass is 9.48. The van der Waals surface area contributed by atoms with Crippen molar-refractivity contribution in [2.24, 2.45) is 23.2 Å². The van der Waals surface area contributed by atoms with Crippen LogP contribution >= 0.6 is 12.2 Å². The van der Waals surface area contributed by atoms with Crippen molar-refractivity contribution in [2.45, 2.75) is 51.6 Å². The molecule has 180 valence electrons. The highest BCUT2D eigenvalue weighted by Gasteiger charge is 2.57. The first-order chi connectivity index (χ1) is 16.1. The van der Waals surface area contributed by atoms with Crippen molar-refractivity contribution in [1.82, 2.24) is 20.2 Å². The second-order valence-electron chi connectivity index (χ2n) is 11.2. The first-order valence-corrected chi connectivity index (χ1v) is 13.4. The number of piperazine rings is 1. The molecule has 4 aliphatic carbocycles. The summed E-state index contributed by atoms with van der Waals surface area (Å²) in [5.41, 5.74) is 5.58. The summed E-state index contributed by atoms with van der Waals surface area (Å²) < 4.78 is 5.59. The van der Waals surface area contributed by atoms with Gasteiger partial charge in [0.05, 0.1) is 19.5 Å². The maximum atomic E-state index is 6.03. The van der Waals surface area contributed by atoms with E-state index in [9.17, 15) is 0 Å². The molecule has 2 saturated heterocycles. The second-order valence-corrected chi connectivity index (χ2v) is 11.6. The minimum absolute atomic E-state index is 0.387. The minimum atomic E-state index is 0.387. The molecule has 4 bridgehead atoms. The number of thiocarbonyl (C=S) groups is 1. The van der Waals surface area contributed by atoms with Gasteiger partial charge in [-0.15, -0.1) is 0 Å². The number of ether oxygens (including phenoxy) is 1. The van der Waals surface area contributed by atoms with Crippen LogP contribution in [0.15, 0.2) is 24.3 Å². The maximum absolute atomic E-state index is 6.03. The topological polar surface area (TPSA) is 34.2 Å². The molecule has 0 amide bonds. The van der Waals surface area contributed by atoms with Crippen LogP contribution in [0.2, 0.25) is 0 Å². The quantitative estimate of drug-likeness (QED) is 0.636. The molecular formula is C26H39N5OS. The third-order valence-corrected chi connectivity index (χ3v) is 9.67. The average molecular weight is 470 g/mol. The summed E-state index contributed by atoms with van der Waals surface area (Å²) >= 11 is 6.03. The van der Waals surface area contributed by atoms with Crippen molar-refractivity contribution in [3.8, 4) is 5.75 Å². The minimum Gasteiger partial charge on any atom is -0.495 e. The molecule has 6 fully saturated rings. The molecule has 7 heteroatoms. The summed E-state index contributed by atoms with van der Waals surface area (Å²) in [7, 11) is 1.76. The predicted molar refractivity (Wildman–Crippen MR) is 136 cm³/mol. The number of nitrogens with zero attached hydrogens (tertiary/aromatic N) is 4. The molecule has 1 aromatic rings. The number of rotatable bonds is 6. The molecule has 1 unspecified atom stereocenters. The molecule has 1 atom stereocenters. The molecular weight excluding hydrogens is 430 g/mol. The number of methoxy groups -OCH3 is 1. The lowest BCUT2D eigenvalue weighted by Gasteiger charge is -2.59. The van der Waals surface area contributed by atoms with Crippen LogP contribution in [0.5, 0.6) is 5.75 Å². The Labute approximate surface area is 204 Å². The SMILES string of the molecule is CCN1C(=S)N(CN2CCN(c3ccccc3OC)CC2)NC1C12CC3CC(CC(C3)C1)C2. The Morgan fingerprint density at radius 3 is 2.24 bits per heavy atom. The summed E-state index contributed by atoms with van der Waals surface area (Å²) in [6, 6.07) is 8.36. The van der Waals surface area contributed by atoms with Gasteiger partial charge in [-0.2, -0.15) is 0 Å². The molecule has 6 nitrogen and oxygen atoms in total. The normalized spacial score (nSPS) is 36.2. The first-order valence-electron chi connectivity index (χ1n) is 13.0. The van der Waals surface area contributed by atoms with Gasteiger partial charge in [0.1, 0.15) is 11.9 Å². The molecule has 0 radical (unpaired) electrons. The van der Waals surface area contributed by atoms with Crippen molar-refractivity contribution < 1.29 is 4.74 Å². The van der Waals surface area contributed by atoms with E-state index in [4.69, 9.17) is 17.0 Å². The molecule has 4 saturated carbocycles. The van der Waals surface area contributed by atoms with Gasteiger partial charge in [-0.3, -0.25) is 9.91 Å². The Morgan fingerprint density at radius 2 is 1.64 bits per heavy atom. The summed E-state index contributed by atoms with van der Waals surface area (Å²) in [5, 5.41) is 3.30. The molecule has 7 rings (SSSR count). The number of benzene rings is 1. The lowest BCUT2D eigenvalue weighted by Crippen LogP contribution is -2.59. The number of hydrogen-bond acceptors (Lipinski definition) is 5. The maximum Gasteiger partial charge on any atom is 0.188 e. The predicted octanol–water partition coefficient (Wildman–Crippen LogP) is 3.74. The zero-order valence-electron chi connectivity index (χ0n) is 20.2. The fourth-order valence-corrected chi connectivity index (χ4v) is 8.50. The van der Waals surface area contributed by atoms with Gasteiger partial charge in [-0.1, -0.05) is 12.1 Å². The highest BCUT2D eigenvalue weighted by atomic mass is 32.1. The zero-order valence-corrected chi connectivity index (χ0v) is 21.0. The van der Waals surface area contributed by atoms with Crippen LogP contribution in [0, 0.1) is 23.2 Å². The number of para-hydroxylation sites is 2. The fourth-order valence-electron chi connectivity index (χ4n) is 8.16. The van der Waals surface area contributed by atoms with Crippen molar-refractivity contribution in [3.05, 3.63) is 24.3 Å². The Hall–Kier alpha value is -1.57. The van der Waals surface area contributed by atoms with E-state index in [1.807, 2.05) is 6.07 Å². The Bertz CT molecular complexity index is 850. The molecule has 2 heterocycles. The van der Waals surface area contributed by atoms with Gasteiger partial charge in [-0.25, -0.2) is 5.43 Å². The van der Waals surface area contributed by atoms with Crippen molar-refractivity contribution in [3.63, 3.8) is 0 Å². The van der Waals surface area contributed by atoms with Gasteiger partial charge >= 0.3 is 0 Å². The Balaban J connectivity index is 1.11. The molecule has 33 heavy (non-hydrogen) atoms. The molecule has 1 N–H and O–H groups in total. The van der Waals surface area contributed by atoms with Crippen LogP contribution in [-0.4, -0.2) is 72.6 Å². The van der Waals surface area contributed by atoms with Crippen LogP contribution in [0.1, 0.15) is 45.4 Å². The van der Waals surface area contributed by atoms with Crippen LogP contribution in [0.3, 0.4) is 0 Å². The summed E-state index contributed by atoms with van der Waals surface area (Å²) in [6.45, 7) is 8.24. The highest BCUT2D eigenvalue weighted by molar-refractivity contribution is 7.80. The molecule has 0 spiro atoms. The highest BCUT2D eigenvalue weighted by Crippen LogP contribution is 2.62. The lowest BCUT2D eigenvalue weighted by molar-refractivity contribution is -0.0977. The van der Waals surface area contributed by atoms with E-state index in [1.165, 1.54) is 44.2 Å². The Morgan fingerprint density at radius 1 is 1.00 bits per heavy atom. The molecule has 6 aliphatic rings. The van der Waals surface area contributed by atoms with Crippen molar-refractivity contribution in [1.29, 1.82) is 0 Å². The van der Waals surface area contributed by atoms with Crippen LogP contribution in [0.4, 0.5) is 5.69 Å². The smallest absolute Gasteiger partial charge is 0.188 e. The molecule has 1 aromatic carbocycles. The van der Waals surface area contributed by atoms with Crippen LogP contribution in [0.25, 0.3) is 0 Å². The van der Waals surface area contributed by atoms with Gasteiger partial charge in [0.2, 0.25) is 0 Å². The third-order valence-electron chi connectivity index (χ3n) is 9.21. The van der Waals surface area contributed by atoms with E-state index in [2.05, 4.69) is 50.3 Å². The van der Waals surface area contributed by atoms with Gasteiger partial charge in [0.15, 0.2) is 5.11 Å². The number of anilines is 1. The van der Waals surface area contributed by atoms with Gasteiger partial charge in [0.25, 0.3) is 0 Å². The average Bonchev–Trinajstić information content (AvgIpc) is 3.14. The molecule has 0 aromatic heterocycles. The van der Waals surface area contributed by atoms with Gasteiger partial charge in [0, 0.05) is 38.1 Å². The zero-order chi connectivity index (χ0) is 22.6. The number of hydrazine groups is 1. The van der Waals surface area contributed by atoms with Crippen LogP contribution in [-0.2, 0) is 0 Å². The Kier molecular flexibility index (Phi) is 5.70. The van der Waals surface area contributed by atoms with E-state index in [0.29, 0.717) is 11.6 Å². The number of nitrogens with one attached hydrogen (secondary N) is 1. The fraction of sp³-hybridized carbons (Fsp3) is 0.731. The second kappa shape index (κ2) is 8.58. The first kappa shape index (κ1) is 21.9. The van der Waals surface area contributed by atoms with E-state index in [-0.39, 0.29) is 0 Å². The van der Waals surface area contributed by atoms with E-state index < -0.39 is 0 Å². The van der Waals surface area contributed by atoms with E-state index >= 15 is 0 Å².